The van der Waals surface area contributed by atoms with Crippen molar-refractivity contribution in [2.45, 2.75) is 26.4 Å². The van der Waals surface area contributed by atoms with E-state index in [2.05, 4.69) is 10.3 Å². The van der Waals surface area contributed by atoms with Crippen molar-refractivity contribution in [3.05, 3.63) is 102 Å². The van der Waals surface area contributed by atoms with Crippen molar-refractivity contribution in [3.8, 4) is 28.0 Å². The van der Waals surface area contributed by atoms with Crippen LogP contribution in [0, 0.1) is 0 Å². The summed E-state index contributed by atoms with van der Waals surface area (Å²) in [7, 11) is 0. The van der Waals surface area contributed by atoms with E-state index in [4.69, 9.17) is 9.47 Å². The van der Waals surface area contributed by atoms with Gasteiger partial charge < -0.3 is 19.9 Å². The van der Waals surface area contributed by atoms with E-state index < -0.39 is 23.6 Å². The number of amides is 1. The SMILES string of the molecule is CC(C)(C)OC(=O)Oc1ccccc1-c1ccc(C(=O)O)c(NC(=O)c2cncc(-c3ccccc3)c2)c1. The first-order valence-corrected chi connectivity index (χ1v) is 11.8. The molecule has 1 amide bonds. The number of ether oxygens (including phenoxy) is 2. The number of nitrogens with one attached hydrogen (secondary N) is 1. The van der Waals surface area contributed by atoms with Crippen LogP contribution in [0.25, 0.3) is 22.3 Å². The van der Waals surface area contributed by atoms with E-state index in [1.807, 2.05) is 30.3 Å². The van der Waals surface area contributed by atoms with Crippen LogP contribution in [-0.4, -0.2) is 33.7 Å². The van der Waals surface area contributed by atoms with Crippen molar-refractivity contribution in [1.29, 1.82) is 0 Å². The number of rotatable bonds is 6. The second kappa shape index (κ2) is 11.0. The number of carbonyl (C=O) groups excluding carboxylic acids is 2. The summed E-state index contributed by atoms with van der Waals surface area (Å²) < 4.78 is 10.7. The third-order valence-corrected chi connectivity index (χ3v) is 5.39. The number of carbonyl (C=O) groups is 3. The van der Waals surface area contributed by atoms with Gasteiger partial charge in [0.25, 0.3) is 5.91 Å². The number of para-hydroxylation sites is 1. The Kier molecular flexibility index (Phi) is 7.53. The van der Waals surface area contributed by atoms with Crippen LogP contribution in [0.5, 0.6) is 5.75 Å². The van der Waals surface area contributed by atoms with Crippen molar-refractivity contribution in [2.24, 2.45) is 0 Å². The van der Waals surface area contributed by atoms with E-state index in [0.717, 1.165) is 11.1 Å². The molecule has 0 aliphatic heterocycles. The molecule has 0 fully saturated rings. The zero-order chi connectivity index (χ0) is 27.3. The Hall–Kier alpha value is -4.98. The molecule has 0 atom stereocenters. The number of aromatic carboxylic acids is 1. The van der Waals surface area contributed by atoms with Gasteiger partial charge in [-0.1, -0.05) is 54.6 Å². The van der Waals surface area contributed by atoms with Gasteiger partial charge in [-0.2, -0.15) is 0 Å². The molecular formula is C30H26N2O6. The molecule has 0 aliphatic rings. The van der Waals surface area contributed by atoms with Gasteiger partial charge in [0.15, 0.2) is 0 Å². The summed E-state index contributed by atoms with van der Waals surface area (Å²) in [5.74, 6) is -1.50. The molecule has 192 valence electrons. The number of hydrogen-bond acceptors (Lipinski definition) is 6. The number of carboxylic acids is 1. The van der Waals surface area contributed by atoms with Gasteiger partial charge in [-0.3, -0.25) is 9.78 Å². The molecule has 4 rings (SSSR count). The molecule has 0 bridgehead atoms. The third-order valence-electron chi connectivity index (χ3n) is 5.39. The molecule has 1 aromatic heterocycles. The van der Waals surface area contributed by atoms with Crippen LogP contribution >= 0.6 is 0 Å². The monoisotopic (exact) mass is 510 g/mol. The highest BCUT2D eigenvalue weighted by Gasteiger charge is 2.21. The Labute approximate surface area is 219 Å². The van der Waals surface area contributed by atoms with E-state index in [0.29, 0.717) is 11.1 Å². The van der Waals surface area contributed by atoms with Crippen molar-refractivity contribution in [3.63, 3.8) is 0 Å². The number of hydrogen-bond donors (Lipinski definition) is 2. The smallest absolute Gasteiger partial charge is 0.478 e. The molecule has 2 N–H and O–H groups in total. The summed E-state index contributed by atoms with van der Waals surface area (Å²) in [5.41, 5.74) is 2.19. The van der Waals surface area contributed by atoms with Gasteiger partial charge in [-0.15, -0.1) is 0 Å². The molecule has 0 radical (unpaired) electrons. The lowest BCUT2D eigenvalue weighted by atomic mass is 10.0. The van der Waals surface area contributed by atoms with Gasteiger partial charge >= 0.3 is 12.1 Å². The van der Waals surface area contributed by atoms with E-state index >= 15 is 0 Å². The molecular weight excluding hydrogens is 484 g/mol. The fourth-order valence-electron chi connectivity index (χ4n) is 3.70. The molecule has 38 heavy (non-hydrogen) atoms. The van der Waals surface area contributed by atoms with Crippen LogP contribution in [0.1, 0.15) is 41.5 Å². The largest absolute Gasteiger partial charge is 0.514 e. The van der Waals surface area contributed by atoms with Crippen molar-refractivity contribution < 1.29 is 29.0 Å². The van der Waals surface area contributed by atoms with Crippen LogP contribution in [0.2, 0.25) is 0 Å². The highest BCUT2D eigenvalue weighted by molar-refractivity contribution is 6.08. The normalized spacial score (nSPS) is 10.9. The third kappa shape index (κ3) is 6.41. The molecule has 0 saturated carbocycles. The molecule has 8 nitrogen and oxygen atoms in total. The summed E-state index contributed by atoms with van der Waals surface area (Å²) in [5, 5.41) is 12.4. The first-order valence-electron chi connectivity index (χ1n) is 11.8. The lowest BCUT2D eigenvalue weighted by Crippen LogP contribution is -2.26. The summed E-state index contributed by atoms with van der Waals surface area (Å²) in [6.07, 6.45) is 2.19. The zero-order valence-electron chi connectivity index (χ0n) is 21.1. The van der Waals surface area contributed by atoms with Gasteiger partial charge in [-0.05, 0) is 56.2 Å². The van der Waals surface area contributed by atoms with Crippen molar-refractivity contribution in [2.75, 3.05) is 5.32 Å². The number of pyridine rings is 1. The second-order valence-electron chi connectivity index (χ2n) is 9.41. The van der Waals surface area contributed by atoms with Crippen LogP contribution in [0.4, 0.5) is 10.5 Å². The minimum atomic E-state index is -1.21. The van der Waals surface area contributed by atoms with E-state index in [1.54, 1.807) is 63.4 Å². The lowest BCUT2D eigenvalue weighted by molar-refractivity contribution is 0.0207. The van der Waals surface area contributed by atoms with Gasteiger partial charge in [0.05, 0.1) is 16.8 Å². The van der Waals surface area contributed by atoms with Crippen LogP contribution in [-0.2, 0) is 4.74 Å². The number of nitrogens with zero attached hydrogens (tertiary/aromatic N) is 1. The minimum Gasteiger partial charge on any atom is -0.478 e. The fourth-order valence-corrected chi connectivity index (χ4v) is 3.70. The van der Waals surface area contributed by atoms with Crippen molar-refractivity contribution >= 4 is 23.7 Å². The maximum Gasteiger partial charge on any atom is 0.514 e. The molecule has 0 spiro atoms. The second-order valence-corrected chi connectivity index (χ2v) is 9.41. The maximum atomic E-state index is 13.1. The lowest BCUT2D eigenvalue weighted by Gasteiger charge is -2.19. The van der Waals surface area contributed by atoms with Crippen LogP contribution in [0.15, 0.2) is 91.3 Å². The topological polar surface area (TPSA) is 115 Å². The molecule has 4 aromatic rings. The molecule has 0 aliphatic carbocycles. The molecule has 1 heterocycles. The van der Waals surface area contributed by atoms with Gasteiger partial charge in [0, 0.05) is 23.5 Å². The summed E-state index contributed by atoms with van der Waals surface area (Å²) in [4.78, 5) is 41.5. The number of carboxylic acid groups (broad SMARTS) is 1. The number of aromatic nitrogens is 1. The van der Waals surface area contributed by atoms with Gasteiger partial charge in [-0.25, -0.2) is 9.59 Å². The van der Waals surface area contributed by atoms with E-state index in [-0.39, 0.29) is 22.6 Å². The minimum absolute atomic E-state index is 0.0807. The first kappa shape index (κ1) is 26.1. The summed E-state index contributed by atoms with van der Waals surface area (Å²) in [6, 6.07) is 22.4. The fraction of sp³-hybridized carbons (Fsp3) is 0.133. The predicted octanol–water partition coefficient (Wildman–Crippen LogP) is 6.68. The molecule has 3 aromatic carbocycles. The Morgan fingerprint density at radius 1 is 0.816 bits per heavy atom. The Balaban J connectivity index is 1.65. The molecule has 0 saturated heterocycles. The number of anilines is 1. The van der Waals surface area contributed by atoms with Crippen molar-refractivity contribution in [1.82, 2.24) is 4.98 Å². The zero-order valence-corrected chi connectivity index (χ0v) is 21.1. The Bertz CT molecular complexity index is 1490. The van der Waals surface area contributed by atoms with Crippen LogP contribution in [0.3, 0.4) is 0 Å². The quantitative estimate of drug-likeness (QED) is 0.220. The standard InChI is InChI=1S/C30H26N2O6/c1-30(2,3)38-29(36)37-26-12-8-7-11-23(26)20-13-14-24(28(34)35)25(16-20)32-27(33)22-15-21(17-31-18-22)19-9-5-4-6-10-19/h4-18H,1-3H3,(H,32,33)(H,34,35). The Morgan fingerprint density at radius 3 is 2.24 bits per heavy atom. The molecule has 8 heteroatoms. The average molecular weight is 511 g/mol. The highest BCUT2D eigenvalue weighted by Crippen LogP contribution is 2.33. The van der Waals surface area contributed by atoms with Gasteiger partial charge in [0.1, 0.15) is 11.4 Å². The molecule has 0 unspecified atom stereocenters. The van der Waals surface area contributed by atoms with E-state index in [1.165, 1.54) is 18.3 Å². The number of benzene rings is 3. The average Bonchev–Trinajstić information content (AvgIpc) is 2.88. The predicted molar refractivity (Wildman–Crippen MR) is 143 cm³/mol. The highest BCUT2D eigenvalue weighted by atomic mass is 16.7. The Morgan fingerprint density at radius 2 is 1.53 bits per heavy atom. The van der Waals surface area contributed by atoms with Crippen LogP contribution < -0.4 is 10.1 Å². The van der Waals surface area contributed by atoms with E-state index in [9.17, 15) is 19.5 Å². The maximum absolute atomic E-state index is 13.1. The van der Waals surface area contributed by atoms with Gasteiger partial charge in [0.2, 0.25) is 0 Å². The first-order chi connectivity index (χ1) is 18.1. The summed E-state index contributed by atoms with van der Waals surface area (Å²) in [6.45, 7) is 5.18. The summed E-state index contributed by atoms with van der Waals surface area (Å²) >= 11 is 0.